The number of carbonyl (C=O) groups excluding carboxylic acids is 1. The first-order chi connectivity index (χ1) is 4.92. The molecule has 0 unspecified atom stereocenters. The van der Waals surface area contributed by atoms with Crippen molar-refractivity contribution in [1.29, 1.82) is 0 Å². The number of nitrogens with one attached hydrogen (secondary N) is 1. The lowest BCUT2D eigenvalue weighted by atomic mass is 10.2. The maximum atomic E-state index is 10.3. The summed E-state index contributed by atoms with van der Waals surface area (Å²) in [4.78, 5) is 10.3. The van der Waals surface area contributed by atoms with Gasteiger partial charge in [-0.25, -0.2) is 0 Å². The number of rotatable bonds is 2. The number of nitrogens with zero attached hydrogens (tertiary/aromatic N) is 2. The summed E-state index contributed by atoms with van der Waals surface area (Å²) in [6.07, 6.45) is 3.04. The summed E-state index contributed by atoms with van der Waals surface area (Å²) in [6.45, 7) is 0. The second kappa shape index (κ2) is 1.90. The highest BCUT2D eigenvalue weighted by Gasteiger charge is 2.28. The molecule has 0 atom stereocenters. The Hall–Kier alpha value is -1.19. The number of aldehydes is 1. The Bertz CT molecular complexity index is 251. The van der Waals surface area contributed by atoms with Gasteiger partial charge in [0.2, 0.25) is 0 Å². The summed E-state index contributed by atoms with van der Waals surface area (Å²) in [7, 11) is 0. The maximum Gasteiger partial charge on any atom is 0.172 e. The van der Waals surface area contributed by atoms with Crippen molar-refractivity contribution in [2.45, 2.75) is 18.8 Å². The summed E-state index contributed by atoms with van der Waals surface area (Å²) in [5.74, 6) is 0.499. The molecule has 1 saturated carbocycles. The van der Waals surface area contributed by atoms with Crippen LogP contribution in [0.2, 0.25) is 0 Å². The zero-order valence-corrected chi connectivity index (χ0v) is 5.37. The monoisotopic (exact) mass is 137 g/mol. The third kappa shape index (κ3) is 0.725. The molecule has 1 aliphatic rings. The van der Waals surface area contributed by atoms with E-state index in [0.717, 1.165) is 24.8 Å². The third-order valence-corrected chi connectivity index (χ3v) is 1.68. The summed E-state index contributed by atoms with van der Waals surface area (Å²) in [5.41, 5.74) is 1.32. The molecule has 1 fully saturated rings. The van der Waals surface area contributed by atoms with Crippen LogP contribution in [-0.2, 0) is 0 Å². The lowest BCUT2D eigenvalue weighted by molar-refractivity contribution is 0.111. The second-order valence-electron chi connectivity index (χ2n) is 2.49. The Morgan fingerprint density at radius 3 is 2.90 bits per heavy atom. The van der Waals surface area contributed by atoms with Crippen molar-refractivity contribution in [3.63, 3.8) is 0 Å². The molecule has 1 aromatic heterocycles. The standard InChI is InChI=1S/C6H7N3O/c10-3-5-6(4-1-2-4)8-9-7-5/h3-4H,1-2H2,(H,7,8,9). The molecule has 10 heavy (non-hydrogen) atoms. The summed E-state index contributed by atoms with van der Waals surface area (Å²) >= 11 is 0. The molecule has 2 rings (SSSR count). The van der Waals surface area contributed by atoms with Crippen molar-refractivity contribution < 1.29 is 4.79 Å². The van der Waals surface area contributed by atoms with Gasteiger partial charge < -0.3 is 0 Å². The molecule has 0 saturated heterocycles. The largest absolute Gasteiger partial charge is 0.296 e. The van der Waals surface area contributed by atoms with Gasteiger partial charge in [0, 0.05) is 5.92 Å². The van der Waals surface area contributed by atoms with Gasteiger partial charge in [0.1, 0.15) is 5.69 Å². The smallest absolute Gasteiger partial charge is 0.172 e. The van der Waals surface area contributed by atoms with E-state index in [1.807, 2.05) is 0 Å². The van der Waals surface area contributed by atoms with Crippen LogP contribution in [0.1, 0.15) is 34.9 Å². The number of hydrogen-bond donors (Lipinski definition) is 1. The minimum absolute atomic E-state index is 0.475. The molecule has 0 bridgehead atoms. The highest BCUT2D eigenvalue weighted by atomic mass is 16.1. The van der Waals surface area contributed by atoms with Gasteiger partial charge in [-0.1, -0.05) is 0 Å². The predicted octanol–water partition coefficient (Wildman–Crippen LogP) is 0.495. The van der Waals surface area contributed by atoms with E-state index < -0.39 is 0 Å². The normalized spacial score (nSPS) is 17.2. The molecule has 1 aromatic rings. The van der Waals surface area contributed by atoms with Crippen molar-refractivity contribution in [3.05, 3.63) is 11.4 Å². The molecule has 0 radical (unpaired) electrons. The van der Waals surface area contributed by atoms with Crippen LogP contribution in [0.3, 0.4) is 0 Å². The van der Waals surface area contributed by atoms with Crippen molar-refractivity contribution in [2.24, 2.45) is 0 Å². The van der Waals surface area contributed by atoms with Gasteiger partial charge >= 0.3 is 0 Å². The number of hydrogen-bond acceptors (Lipinski definition) is 3. The van der Waals surface area contributed by atoms with Gasteiger partial charge in [0.05, 0.1) is 5.69 Å². The van der Waals surface area contributed by atoms with Crippen molar-refractivity contribution in [3.8, 4) is 0 Å². The van der Waals surface area contributed by atoms with Crippen LogP contribution in [0, 0.1) is 0 Å². The van der Waals surface area contributed by atoms with Crippen LogP contribution < -0.4 is 0 Å². The lowest BCUT2D eigenvalue weighted by Crippen LogP contribution is -1.86. The molecule has 1 N–H and O–H groups in total. The fourth-order valence-corrected chi connectivity index (χ4v) is 0.991. The second-order valence-corrected chi connectivity index (χ2v) is 2.49. The first-order valence-corrected chi connectivity index (χ1v) is 3.27. The van der Waals surface area contributed by atoms with E-state index in [-0.39, 0.29) is 0 Å². The Morgan fingerprint density at radius 2 is 2.30 bits per heavy atom. The van der Waals surface area contributed by atoms with Crippen LogP contribution >= 0.6 is 0 Å². The number of aromatic nitrogens is 3. The van der Waals surface area contributed by atoms with E-state index in [9.17, 15) is 4.79 Å². The zero-order valence-electron chi connectivity index (χ0n) is 5.37. The van der Waals surface area contributed by atoms with E-state index in [4.69, 9.17) is 0 Å². The Balaban J connectivity index is 2.37. The van der Waals surface area contributed by atoms with Gasteiger partial charge in [0.15, 0.2) is 6.29 Å². The predicted molar refractivity (Wildman–Crippen MR) is 33.7 cm³/mol. The van der Waals surface area contributed by atoms with E-state index in [2.05, 4.69) is 15.4 Å². The third-order valence-electron chi connectivity index (χ3n) is 1.68. The topological polar surface area (TPSA) is 58.6 Å². The minimum atomic E-state index is 0.475. The van der Waals surface area contributed by atoms with Gasteiger partial charge in [0.25, 0.3) is 0 Å². The van der Waals surface area contributed by atoms with Gasteiger partial charge in [-0.05, 0) is 12.8 Å². The molecular weight excluding hydrogens is 130 g/mol. The SMILES string of the molecule is O=Cc1n[nH]nc1C1CC1. The van der Waals surface area contributed by atoms with Crippen molar-refractivity contribution in [2.75, 3.05) is 0 Å². The molecule has 52 valence electrons. The van der Waals surface area contributed by atoms with Gasteiger partial charge in [-0.3, -0.25) is 4.79 Å². The van der Waals surface area contributed by atoms with Crippen LogP contribution in [0.5, 0.6) is 0 Å². The van der Waals surface area contributed by atoms with E-state index in [1.54, 1.807) is 0 Å². The first-order valence-electron chi connectivity index (χ1n) is 3.27. The van der Waals surface area contributed by atoms with E-state index >= 15 is 0 Å². The van der Waals surface area contributed by atoms with Crippen LogP contribution in [-0.4, -0.2) is 21.7 Å². The van der Waals surface area contributed by atoms with E-state index in [1.165, 1.54) is 0 Å². The minimum Gasteiger partial charge on any atom is -0.296 e. The fourth-order valence-electron chi connectivity index (χ4n) is 0.991. The van der Waals surface area contributed by atoms with Crippen LogP contribution in [0.15, 0.2) is 0 Å². The molecule has 0 aromatic carbocycles. The molecular formula is C6H7N3O. The molecule has 1 heterocycles. The highest BCUT2D eigenvalue weighted by molar-refractivity contribution is 5.73. The Morgan fingerprint density at radius 1 is 1.50 bits per heavy atom. The van der Waals surface area contributed by atoms with Gasteiger partial charge in [-0.2, -0.15) is 15.4 Å². The molecule has 0 aliphatic heterocycles. The van der Waals surface area contributed by atoms with Gasteiger partial charge in [-0.15, -0.1) is 0 Å². The zero-order chi connectivity index (χ0) is 6.97. The summed E-state index contributed by atoms with van der Waals surface area (Å²) < 4.78 is 0. The fraction of sp³-hybridized carbons (Fsp3) is 0.500. The molecule has 0 spiro atoms. The number of carbonyl (C=O) groups is 1. The summed E-state index contributed by atoms with van der Waals surface area (Å²) in [6, 6.07) is 0. The Kier molecular flexibility index (Phi) is 1.06. The lowest BCUT2D eigenvalue weighted by Gasteiger charge is -1.85. The highest BCUT2D eigenvalue weighted by Crippen LogP contribution is 2.39. The van der Waals surface area contributed by atoms with Crippen molar-refractivity contribution in [1.82, 2.24) is 15.4 Å². The molecule has 1 aliphatic carbocycles. The molecule has 4 heteroatoms. The van der Waals surface area contributed by atoms with Crippen LogP contribution in [0.4, 0.5) is 0 Å². The number of aromatic amines is 1. The average Bonchev–Trinajstić information content (AvgIpc) is 2.69. The van der Waals surface area contributed by atoms with Crippen molar-refractivity contribution >= 4 is 6.29 Å². The Labute approximate surface area is 57.6 Å². The molecule has 4 nitrogen and oxygen atoms in total. The maximum absolute atomic E-state index is 10.3. The molecule has 0 amide bonds. The quantitative estimate of drug-likeness (QED) is 0.603. The average molecular weight is 137 g/mol. The van der Waals surface area contributed by atoms with Crippen LogP contribution in [0.25, 0.3) is 0 Å². The van der Waals surface area contributed by atoms with E-state index in [0.29, 0.717) is 11.6 Å². The summed E-state index contributed by atoms with van der Waals surface area (Å²) in [5, 5.41) is 10.0. The first kappa shape index (κ1) is 5.58. The number of H-pyrrole nitrogens is 1.